The van der Waals surface area contributed by atoms with Crippen molar-refractivity contribution >= 4 is 45.0 Å². The molecule has 0 unspecified atom stereocenters. The molecule has 3 rings (SSSR count). The molecular formula is C20H20BrN3OS. The third-order valence-electron chi connectivity index (χ3n) is 4.20. The molecule has 2 aromatic rings. The number of rotatable bonds is 5. The van der Waals surface area contributed by atoms with E-state index in [0.717, 1.165) is 22.0 Å². The second-order valence-electron chi connectivity index (χ2n) is 6.04. The molecule has 1 heterocycles. The summed E-state index contributed by atoms with van der Waals surface area (Å²) in [6.07, 6.45) is 2.49. The molecule has 0 N–H and O–H groups in total. The summed E-state index contributed by atoms with van der Waals surface area (Å²) in [5, 5.41) is 9.13. The lowest BCUT2D eigenvalue weighted by Crippen LogP contribution is -2.31. The van der Waals surface area contributed by atoms with E-state index in [1.54, 1.807) is 11.1 Å². The van der Waals surface area contributed by atoms with Crippen LogP contribution in [0.3, 0.4) is 0 Å². The SMILES string of the molecule is CC[C@@H]1S/C(=N/N=C\c2ccc(Br)cc2)N(Cc2ccccc2C)C1=O. The number of hydrogen-bond donors (Lipinski definition) is 0. The minimum absolute atomic E-state index is 0.0827. The van der Waals surface area contributed by atoms with Crippen LogP contribution < -0.4 is 0 Å². The van der Waals surface area contributed by atoms with E-state index in [-0.39, 0.29) is 11.2 Å². The molecule has 1 amide bonds. The Hall–Kier alpha value is -1.92. The van der Waals surface area contributed by atoms with Crippen molar-refractivity contribution in [3.8, 4) is 0 Å². The number of nitrogens with zero attached hydrogens (tertiary/aromatic N) is 3. The minimum Gasteiger partial charge on any atom is -0.284 e. The predicted octanol–water partition coefficient (Wildman–Crippen LogP) is 5.00. The van der Waals surface area contributed by atoms with Gasteiger partial charge in [0, 0.05) is 4.47 Å². The van der Waals surface area contributed by atoms with E-state index in [1.807, 2.05) is 43.3 Å². The van der Waals surface area contributed by atoms with Gasteiger partial charge in [0.1, 0.15) is 0 Å². The summed E-state index contributed by atoms with van der Waals surface area (Å²) in [4.78, 5) is 14.5. The summed E-state index contributed by atoms with van der Waals surface area (Å²) in [6, 6.07) is 15.9. The van der Waals surface area contributed by atoms with Gasteiger partial charge in [-0.15, -0.1) is 5.10 Å². The highest BCUT2D eigenvalue weighted by atomic mass is 79.9. The second kappa shape index (κ2) is 8.64. The van der Waals surface area contributed by atoms with Crippen LogP contribution in [0, 0.1) is 6.92 Å². The van der Waals surface area contributed by atoms with Crippen LogP contribution >= 0.6 is 27.7 Å². The molecule has 134 valence electrons. The van der Waals surface area contributed by atoms with Crippen molar-refractivity contribution in [3.63, 3.8) is 0 Å². The highest BCUT2D eigenvalue weighted by Gasteiger charge is 2.37. The zero-order chi connectivity index (χ0) is 18.5. The predicted molar refractivity (Wildman–Crippen MR) is 113 cm³/mol. The fraction of sp³-hybridized carbons (Fsp3) is 0.250. The lowest BCUT2D eigenvalue weighted by molar-refractivity contribution is -0.126. The third-order valence-corrected chi connectivity index (χ3v) is 6.06. The van der Waals surface area contributed by atoms with Gasteiger partial charge in [0.15, 0.2) is 5.17 Å². The second-order valence-corrected chi connectivity index (χ2v) is 8.13. The van der Waals surface area contributed by atoms with Gasteiger partial charge in [-0.3, -0.25) is 9.69 Å². The topological polar surface area (TPSA) is 45.0 Å². The zero-order valence-corrected chi connectivity index (χ0v) is 17.1. The van der Waals surface area contributed by atoms with E-state index in [2.05, 4.69) is 45.2 Å². The minimum atomic E-state index is -0.0827. The molecule has 0 bridgehead atoms. The molecule has 0 radical (unpaired) electrons. The number of benzene rings is 2. The number of amidine groups is 1. The van der Waals surface area contributed by atoms with Crippen molar-refractivity contribution in [1.82, 2.24) is 4.90 Å². The third kappa shape index (κ3) is 4.43. The van der Waals surface area contributed by atoms with Gasteiger partial charge in [0.05, 0.1) is 18.0 Å². The zero-order valence-electron chi connectivity index (χ0n) is 14.7. The summed E-state index contributed by atoms with van der Waals surface area (Å²) < 4.78 is 1.02. The molecule has 4 nitrogen and oxygen atoms in total. The van der Waals surface area contributed by atoms with Gasteiger partial charge < -0.3 is 0 Å². The van der Waals surface area contributed by atoms with Crippen LogP contribution in [-0.2, 0) is 11.3 Å². The van der Waals surface area contributed by atoms with Crippen molar-refractivity contribution in [1.29, 1.82) is 0 Å². The quantitative estimate of drug-likeness (QED) is 0.495. The molecule has 1 aliphatic rings. The Labute approximate surface area is 166 Å². The first-order valence-electron chi connectivity index (χ1n) is 8.47. The average Bonchev–Trinajstić information content (AvgIpc) is 2.94. The van der Waals surface area contributed by atoms with Gasteiger partial charge in [-0.2, -0.15) is 5.10 Å². The Morgan fingerprint density at radius 2 is 1.92 bits per heavy atom. The molecule has 0 aliphatic carbocycles. The summed E-state index contributed by atoms with van der Waals surface area (Å²) in [5.74, 6) is 0.110. The van der Waals surface area contributed by atoms with E-state index in [4.69, 9.17) is 0 Å². The Kier molecular flexibility index (Phi) is 6.27. The Balaban J connectivity index is 1.81. The first kappa shape index (κ1) is 18.9. The number of amides is 1. The van der Waals surface area contributed by atoms with E-state index in [1.165, 1.54) is 17.3 Å². The highest BCUT2D eigenvalue weighted by Crippen LogP contribution is 2.31. The molecule has 0 saturated carbocycles. The normalized spacial score (nSPS) is 19.0. The molecule has 0 aromatic heterocycles. The number of carbonyl (C=O) groups excluding carboxylic acids is 1. The molecule has 1 saturated heterocycles. The van der Waals surface area contributed by atoms with E-state index < -0.39 is 0 Å². The van der Waals surface area contributed by atoms with Gasteiger partial charge in [0.25, 0.3) is 0 Å². The molecule has 1 fully saturated rings. The van der Waals surface area contributed by atoms with Crippen molar-refractivity contribution in [2.45, 2.75) is 32.1 Å². The summed E-state index contributed by atoms with van der Waals surface area (Å²) in [5.41, 5.74) is 3.26. The number of hydrogen-bond acceptors (Lipinski definition) is 4. The smallest absolute Gasteiger partial charge is 0.242 e. The van der Waals surface area contributed by atoms with Crippen LogP contribution in [0.25, 0.3) is 0 Å². The maximum atomic E-state index is 12.7. The van der Waals surface area contributed by atoms with Gasteiger partial charge in [-0.25, -0.2) is 0 Å². The molecular weight excluding hydrogens is 410 g/mol. The van der Waals surface area contributed by atoms with Crippen LogP contribution in [-0.4, -0.2) is 27.4 Å². The molecule has 6 heteroatoms. The highest BCUT2D eigenvalue weighted by molar-refractivity contribution is 9.10. The maximum Gasteiger partial charge on any atom is 0.242 e. The fourth-order valence-electron chi connectivity index (χ4n) is 2.64. The number of thioether (sulfide) groups is 1. The van der Waals surface area contributed by atoms with E-state index in [9.17, 15) is 4.79 Å². The van der Waals surface area contributed by atoms with Gasteiger partial charge in [-0.1, -0.05) is 71.0 Å². The fourth-order valence-corrected chi connectivity index (χ4v) is 3.93. The summed E-state index contributed by atoms with van der Waals surface area (Å²) in [6.45, 7) is 4.61. The number of carbonyl (C=O) groups is 1. The molecule has 2 aromatic carbocycles. The largest absolute Gasteiger partial charge is 0.284 e. The Morgan fingerprint density at radius 1 is 1.19 bits per heavy atom. The van der Waals surface area contributed by atoms with Crippen LogP contribution in [0.4, 0.5) is 0 Å². The van der Waals surface area contributed by atoms with Gasteiger partial charge in [-0.05, 0) is 42.2 Å². The average molecular weight is 430 g/mol. The molecule has 1 atom stereocenters. The molecule has 0 spiro atoms. The lowest BCUT2D eigenvalue weighted by atomic mass is 10.1. The Bertz CT molecular complexity index is 848. The standard InChI is InChI=1S/C20H20BrN3OS/c1-3-18-19(25)24(13-16-7-5-4-6-14(16)2)20(26-18)23-22-12-15-8-10-17(21)11-9-15/h4-12,18H,3,13H2,1-2H3/b22-12-,23-20+/t18-/m0/s1. The summed E-state index contributed by atoms with van der Waals surface area (Å²) in [7, 11) is 0. The monoisotopic (exact) mass is 429 g/mol. The van der Waals surface area contributed by atoms with Crippen molar-refractivity contribution in [3.05, 3.63) is 69.7 Å². The lowest BCUT2D eigenvalue weighted by Gasteiger charge is -2.17. The molecule has 26 heavy (non-hydrogen) atoms. The number of halogens is 1. The maximum absolute atomic E-state index is 12.7. The first-order chi connectivity index (χ1) is 12.6. The Morgan fingerprint density at radius 3 is 2.62 bits per heavy atom. The van der Waals surface area contributed by atoms with Gasteiger partial charge in [0.2, 0.25) is 5.91 Å². The van der Waals surface area contributed by atoms with E-state index in [0.29, 0.717) is 11.7 Å². The van der Waals surface area contributed by atoms with Crippen molar-refractivity contribution < 1.29 is 4.79 Å². The van der Waals surface area contributed by atoms with Crippen LogP contribution in [0.5, 0.6) is 0 Å². The molecule has 1 aliphatic heterocycles. The summed E-state index contributed by atoms with van der Waals surface area (Å²) >= 11 is 4.91. The van der Waals surface area contributed by atoms with Crippen molar-refractivity contribution in [2.24, 2.45) is 10.2 Å². The van der Waals surface area contributed by atoms with Crippen LogP contribution in [0.2, 0.25) is 0 Å². The van der Waals surface area contributed by atoms with Crippen molar-refractivity contribution in [2.75, 3.05) is 0 Å². The van der Waals surface area contributed by atoms with E-state index >= 15 is 0 Å². The van der Waals surface area contributed by atoms with Crippen LogP contribution in [0.1, 0.15) is 30.0 Å². The first-order valence-corrected chi connectivity index (χ1v) is 10.1. The van der Waals surface area contributed by atoms with Crippen LogP contribution in [0.15, 0.2) is 63.2 Å². The van der Waals surface area contributed by atoms with Gasteiger partial charge >= 0.3 is 0 Å². The number of aryl methyl sites for hydroxylation is 1.